The van der Waals surface area contributed by atoms with Gasteiger partial charge in [-0.2, -0.15) is 0 Å². The molecule has 3 aliphatic rings. The number of nitrogens with zero attached hydrogens (tertiary/aromatic N) is 1. The van der Waals surface area contributed by atoms with Crippen molar-refractivity contribution in [2.24, 2.45) is 0 Å². The minimum Gasteiger partial charge on any atom is -0.454 e. The van der Waals surface area contributed by atoms with Gasteiger partial charge < -0.3 is 9.47 Å². The number of benzene rings is 2. The van der Waals surface area contributed by atoms with Crippen molar-refractivity contribution >= 4 is 23.6 Å². The summed E-state index contributed by atoms with van der Waals surface area (Å²) < 4.78 is 10.8. The second kappa shape index (κ2) is 8.90. The van der Waals surface area contributed by atoms with Crippen LogP contribution in [0.1, 0.15) is 78.2 Å². The van der Waals surface area contributed by atoms with Gasteiger partial charge in [0.1, 0.15) is 0 Å². The van der Waals surface area contributed by atoms with Crippen molar-refractivity contribution in [1.82, 2.24) is 4.90 Å². The van der Waals surface area contributed by atoms with Crippen LogP contribution in [0.25, 0.3) is 0 Å². The number of aryl methyl sites for hydroxylation is 2. The van der Waals surface area contributed by atoms with Crippen LogP contribution in [-0.4, -0.2) is 54.3 Å². The van der Waals surface area contributed by atoms with Crippen LogP contribution in [0, 0.1) is 0 Å². The van der Waals surface area contributed by atoms with Crippen LogP contribution in [0.15, 0.2) is 36.4 Å². The molecule has 2 heterocycles. The zero-order valence-corrected chi connectivity index (χ0v) is 18.3. The lowest BCUT2D eigenvalue weighted by Gasteiger charge is -2.17. The Bertz CT molecular complexity index is 1150. The van der Waals surface area contributed by atoms with E-state index in [1.807, 2.05) is 12.1 Å². The van der Waals surface area contributed by atoms with Crippen molar-refractivity contribution in [2.45, 2.75) is 44.6 Å². The van der Waals surface area contributed by atoms with Gasteiger partial charge in [0.15, 0.2) is 12.4 Å². The number of amides is 2. The molecule has 1 fully saturated rings. The number of imide groups is 1. The lowest BCUT2D eigenvalue weighted by atomic mass is 9.90. The van der Waals surface area contributed by atoms with E-state index in [2.05, 4.69) is 0 Å². The van der Waals surface area contributed by atoms with E-state index < -0.39 is 11.9 Å². The Morgan fingerprint density at radius 3 is 2.45 bits per heavy atom. The molecule has 0 bridgehead atoms. The number of hydrogen-bond donors (Lipinski definition) is 0. The summed E-state index contributed by atoms with van der Waals surface area (Å²) in [6.45, 7) is 0.460. The number of fused-ring (bicyclic) bond motifs is 2. The summed E-state index contributed by atoms with van der Waals surface area (Å²) in [7, 11) is 0. The predicted octanol–water partition coefficient (Wildman–Crippen LogP) is 3.38. The van der Waals surface area contributed by atoms with E-state index in [4.69, 9.17) is 9.47 Å². The van der Waals surface area contributed by atoms with Crippen LogP contribution < -0.4 is 0 Å². The van der Waals surface area contributed by atoms with Gasteiger partial charge in [-0.1, -0.05) is 12.1 Å². The van der Waals surface area contributed by atoms with E-state index >= 15 is 0 Å². The Labute approximate surface area is 191 Å². The molecule has 2 aromatic rings. The average Bonchev–Trinajstić information content (AvgIpc) is 3.44. The highest BCUT2D eigenvalue weighted by atomic mass is 16.5. The molecule has 7 nitrogen and oxygen atoms in total. The maximum Gasteiger partial charge on any atom is 0.338 e. The molecule has 7 heteroatoms. The summed E-state index contributed by atoms with van der Waals surface area (Å²) in [5.41, 5.74) is 3.57. The first kappa shape index (κ1) is 21.5. The smallest absolute Gasteiger partial charge is 0.338 e. The number of hydrogen-bond acceptors (Lipinski definition) is 6. The van der Waals surface area contributed by atoms with Gasteiger partial charge in [-0.3, -0.25) is 19.3 Å². The fourth-order valence-corrected chi connectivity index (χ4v) is 4.78. The molecule has 0 spiro atoms. The highest BCUT2D eigenvalue weighted by molar-refractivity contribution is 6.22. The van der Waals surface area contributed by atoms with Crippen LogP contribution >= 0.6 is 0 Å². The Hall–Kier alpha value is -3.32. The normalized spacial score (nSPS) is 19.4. The number of carbonyl (C=O) groups excluding carboxylic acids is 4. The van der Waals surface area contributed by atoms with Crippen molar-refractivity contribution in [2.75, 3.05) is 19.8 Å². The fraction of sp³-hybridized carbons (Fsp3) is 0.385. The first-order valence-electron chi connectivity index (χ1n) is 11.5. The zero-order valence-electron chi connectivity index (χ0n) is 18.3. The molecular weight excluding hydrogens is 422 g/mol. The van der Waals surface area contributed by atoms with Crippen LogP contribution in [0.5, 0.6) is 0 Å². The van der Waals surface area contributed by atoms with Gasteiger partial charge in [-0.05, 0) is 73.9 Å². The maximum atomic E-state index is 12.8. The standard InChI is InChI=1S/C26H25NO6/c28-23(18-8-7-16-4-1-2-5-17(16)12-18)15-33-26(31)19-9-10-21-22(13-19)25(30)27(24(21)29)14-20-6-3-11-32-20/h7-10,12-13,20H,1-6,11,14-15H2. The van der Waals surface area contributed by atoms with E-state index in [-0.39, 0.29) is 47.6 Å². The molecule has 170 valence electrons. The molecule has 0 saturated carbocycles. The first-order chi connectivity index (χ1) is 16.0. The van der Waals surface area contributed by atoms with Gasteiger partial charge in [0, 0.05) is 12.2 Å². The second-order valence-corrected chi connectivity index (χ2v) is 8.81. The van der Waals surface area contributed by atoms with Gasteiger partial charge >= 0.3 is 5.97 Å². The summed E-state index contributed by atoms with van der Waals surface area (Å²) >= 11 is 0. The van der Waals surface area contributed by atoms with Gasteiger partial charge in [0.2, 0.25) is 0 Å². The fourth-order valence-electron chi connectivity index (χ4n) is 4.78. The number of ether oxygens (including phenoxy) is 2. The number of ketones is 1. The largest absolute Gasteiger partial charge is 0.454 e. The monoisotopic (exact) mass is 447 g/mol. The van der Waals surface area contributed by atoms with E-state index in [0.29, 0.717) is 12.2 Å². The number of esters is 1. The van der Waals surface area contributed by atoms with E-state index in [1.165, 1.54) is 40.6 Å². The molecule has 5 rings (SSSR count). The summed E-state index contributed by atoms with van der Waals surface area (Å²) in [5, 5.41) is 0. The summed E-state index contributed by atoms with van der Waals surface area (Å²) in [6, 6.07) is 9.94. The SMILES string of the molecule is O=C(COC(=O)c1ccc2c(c1)C(=O)N(CC1CCCO1)C2=O)c1ccc2c(c1)CCCC2. The van der Waals surface area contributed by atoms with Crippen LogP contribution in [0.3, 0.4) is 0 Å². The van der Waals surface area contributed by atoms with Gasteiger partial charge in [0.05, 0.1) is 29.3 Å². The van der Waals surface area contributed by atoms with Crippen molar-refractivity contribution in [3.8, 4) is 0 Å². The molecule has 0 N–H and O–H groups in total. The third-order valence-electron chi connectivity index (χ3n) is 6.62. The topological polar surface area (TPSA) is 90.0 Å². The minimum atomic E-state index is -0.707. The first-order valence-corrected chi connectivity index (χ1v) is 11.5. The molecule has 1 aliphatic carbocycles. The van der Waals surface area contributed by atoms with Crippen molar-refractivity contribution in [1.29, 1.82) is 0 Å². The van der Waals surface area contributed by atoms with Crippen molar-refractivity contribution in [3.05, 3.63) is 69.8 Å². The van der Waals surface area contributed by atoms with Crippen molar-refractivity contribution < 1.29 is 28.7 Å². The highest BCUT2D eigenvalue weighted by Gasteiger charge is 2.38. The Kier molecular flexibility index (Phi) is 5.81. The molecule has 0 radical (unpaired) electrons. The zero-order chi connectivity index (χ0) is 22.9. The van der Waals surface area contributed by atoms with Gasteiger partial charge in [-0.15, -0.1) is 0 Å². The predicted molar refractivity (Wildman–Crippen MR) is 118 cm³/mol. The molecule has 2 aliphatic heterocycles. The molecule has 2 aromatic carbocycles. The Balaban J connectivity index is 1.24. The molecular formula is C26H25NO6. The molecule has 1 unspecified atom stereocenters. The number of carbonyl (C=O) groups is 4. The highest BCUT2D eigenvalue weighted by Crippen LogP contribution is 2.27. The Morgan fingerprint density at radius 2 is 1.67 bits per heavy atom. The summed E-state index contributed by atoms with van der Waals surface area (Å²) in [4.78, 5) is 51.7. The van der Waals surface area contributed by atoms with Crippen LogP contribution in [-0.2, 0) is 22.3 Å². The number of rotatable bonds is 6. The second-order valence-electron chi connectivity index (χ2n) is 8.81. The van der Waals surface area contributed by atoms with E-state index in [1.54, 1.807) is 6.07 Å². The van der Waals surface area contributed by atoms with Crippen LogP contribution in [0.4, 0.5) is 0 Å². The molecule has 0 aromatic heterocycles. The maximum absolute atomic E-state index is 12.8. The van der Waals surface area contributed by atoms with Crippen molar-refractivity contribution in [3.63, 3.8) is 0 Å². The summed E-state index contributed by atoms with van der Waals surface area (Å²) in [5.74, 6) is -1.80. The number of Topliss-reactive ketones (excluding diaryl/α,β-unsaturated/α-hetero) is 1. The molecule has 1 atom stereocenters. The molecule has 2 amide bonds. The Morgan fingerprint density at radius 1 is 0.909 bits per heavy atom. The van der Waals surface area contributed by atoms with E-state index in [0.717, 1.165) is 32.1 Å². The van der Waals surface area contributed by atoms with Gasteiger partial charge in [-0.25, -0.2) is 4.79 Å². The van der Waals surface area contributed by atoms with Gasteiger partial charge in [0.25, 0.3) is 11.8 Å². The third-order valence-corrected chi connectivity index (χ3v) is 6.62. The quantitative estimate of drug-likeness (QED) is 0.383. The van der Waals surface area contributed by atoms with Crippen LogP contribution in [0.2, 0.25) is 0 Å². The lowest BCUT2D eigenvalue weighted by Crippen LogP contribution is -2.36. The lowest BCUT2D eigenvalue weighted by molar-refractivity contribution is 0.0473. The molecule has 1 saturated heterocycles. The molecule has 33 heavy (non-hydrogen) atoms. The minimum absolute atomic E-state index is 0.132. The average molecular weight is 447 g/mol. The third kappa shape index (κ3) is 4.20. The summed E-state index contributed by atoms with van der Waals surface area (Å²) in [6.07, 6.45) is 5.84. The van der Waals surface area contributed by atoms with E-state index in [9.17, 15) is 19.2 Å².